The van der Waals surface area contributed by atoms with Crippen LogP contribution in [0, 0.1) is 0 Å². The Balaban J connectivity index is 1.99. The average molecular weight is 261 g/mol. The van der Waals surface area contributed by atoms with Crippen molar-refractivity contribution in [3.05, 3.63) is 30.4 Å². The molecule has 1 N–H and O–H groups in total. The molecule has 0 saturated heterocycles. The summed E-state index contributed by atoms with van der Waals surface area (Å²) in [6.07, 6.45) is 3.26. The zero-order valence-electron chi connectivity index (χ0n) is 10.8. The molecule has 0 aliphatic heterocycles. The van der Waals surface area contributed by atoms with Gasteiger partial charge in [-0.15, -0.1) is 0 Å². The van der Waals surface area contributed by atoms with Crippen LogP contribution >= 0.6 is 0 Å². The van der Waals surface area contributed by atoms with Crippen LogP contribution in [-0.2, 0) is 0 Å². The van der Waals surface area contributed by atoms with Gasteiger partial charge in [0.1, 0.15) is 0 Å². The normalized spacial score (nSPS) is 10.7. The predicted octanol–water partition coefficient (Wildman–Crippen LogP) is 0.423. The summed E-state index contributed by atoms with van der Waals surface area (Å²) in [5, 5.41) is 6.47. The summed E-state index contributed by atoms with van der Waals surface area (Å²) in [6, 6.07) is 3.50. The van der Waals surface area contributed by atoms with Crippen molar-refractivity contribution in [3.63, 3.8) is 0 Å². The highest BCUT2D eigenvalue weighted by atomic mass is 16.5. The van der Waals surface area contributed by atoms with Crippen LogP contribution in [0.3, 0.4) is 0 Å². The van der Waals surface area contributed by atoms with Gasteiger partial charge in [0.2, 0.25) is 5.82 Å². The molecule has 0 saturated carbocycles. The minimum Gasteiger partial charge on any atom is -0.347 e. The summed E-state index contributed by atoms with van der Waals surface area (Å²) in [5.41, 5.74) is 0.756. The van der Waals surface area contributed by atoms with E-state index in [0.717, 1.165) is 12.1 Å². The van der Waals surface area contributed by atoms with Crippen LogP contribution in [0.25, 0.3) is 11.4 Å². The van der Waals surface area contributed by atoms with Gasteiger partial charge in [-0.05, 0) is 26.2 Å². The Labute approximate surface area is 110 Å². The minimum atomic E-state index is -0.366. The monoisotopic (exact) mass is 261 g/mol. The van der Waals surface area contributed by atoms with E-state index in [4.69, 9.17) is 4.52 Å². The Morgan fingerprint density at radius 3 is 2.79 bits per heavy atom. The van der Waals surface area contributed by atoms with Crippen molar-refractivity contribution in [1.82, 2.24) is 25.3 Å². The summed E-state index contributed by atoms with van der Waals surface area (Å²) in [6.45, 7) is 1.27. The average Bonchev–Trinajstić information content (AvgIpc) is 2.89. The van der Waals surface area contributed by atoms with E-state index in [9.17, 15) is 4.79 Å². The van der Waals surface area contributed by atoms with Crippen LogP contribution < -0.4 is 5.32 Å². The summed E-state index contributed by atoms with van der Waals surface area (Å²) in [7, 11) is 3.86. The molecule has 19 heavy (non-hydrogen) atoms. The lowest BCUT2D eigenvalue weighted by Gasteiger charge is -2.08. The van der Waals surface area contributed by atoms with Crippen LogP contribution in [0.4, 0.5) is 0 Å². The van der Waals surface area contributed by atoms with Gasteiger partial charge in [0.15, 0.2) is 0 Å². The van der Waals surface area contributed by atoms with Gasteiger partial charge in [0.05, 0.1) is 0 Å². The largest absolute Gasteiger partial charge is 0.347 e. The molecule has 0 fully saturated rings. The molecule has 0 atom stereocenters. The molecule has 0 aliphatic carbocycles. The van der Waals surface area contributed by atoms with Crippen molar-refractivity contribution in [2.24, 2.45) is 0 Å². The van der Waals surface area contributed by atoms with Gasteiger partial charge >= 0.3 is 11.8 Å². The Morgan fingerprint density at radius 1 is 1.37 bits per heavy atom. The molecule has 2 aromatic heterocycles. The third-order valence-corrected chi connectivity index (χ3v) is 2.40. The smallest absolute Gasteiger partial charge is 0.316 e. The fraction of sp³-hybridized carbons (Fsp3) is 0.333. The SMILES string of the molecule is CN(C)CCNC(=O)c1nc(-c2ccncc2)no1. The zero-order chi connectivity index (χ0) is 13.7. The van der Waals surface area contributed by atoms with Gasteiger partial charge < -0.3 is 14.7 Å². The number of hydrogen-bond acceptors (Lipinski definition) is 6. The quantitative estimate of drug-likeness (QED) is 0.840. The predicted molar refractivity (Wildman–Crippen MR) is 68.4 cm³/mol. The number of aromatic nitrogens is 3. The third-order valence-electron chi connectivity index (χ3n) is 2.40. The number of carbonyl (C=O) groups is 1. The van der Waals surface area contributed by atoms with Crippen LogP contribution in [0.5, 0.6) is 0 Å². The standard InChI is InChI=1S/C12H15N5O2/c1-17(2)8-7-14-11(18)12-15-10(16-19-12)9-3-5-13-6-4-9/h3-6H,7-8H2,1-2H3,(H,14,18). The van der Waals surface area contributed by atoms with Crippen LogP contribution in [0.15, 0.2) is 29.0 Å². The summed E-state index contributed by atoms with van der Waals surface area (Å²) >= 11 is 0. The molecule has 100 valence electrons. The number of amides is 1. The fourth-order valence-electron chi connectivity index (χ4n) is 1.40. The summed E-state index contributed by atoms with van der Waals surface area (Å²) in [4.78, 5) is 21.6. The van der Waals surface area contributed by atoms with Crippen molar-refractivity contribution < 1.29 is 9.32 Å². The van der Waals surface area contributed by atoms with E-state index in [1.165, 1.54) is 0 Å². The van der Waals surface area contributed by atoms with Gasteiger partial charge in [-0.2, -0.15) is 4.98 Å². The van der Waals surface area contributed by atoms with Gasteiger partial charge in [0, 0.05) is 31.0 Å². The summed E-state index contributed by atoms with van der Waals surface area (Å²) in [5.74, 6) is -0.0274. The second-order valence-corrected chi connectivity index (χ2v) is 4.22. The van der Waals surface area contributed by atoms with Crippen LogP contribution in [-0.4, -0.2) is 53.1 Å². The van der Waals surface area contributed by atoms with Gasteiger partial charge in [-0.3, -0.25) is 9.78 Å². The van der Waals surface area contributed by atoms with Crippen molar-refractivity contribution in [1.29, 1.82) is 0 Å². The number of rotatable bonds is 5. The number of carbonyl (C=O) groups excluding carboxylic acids is 1. The number of hydrogen-bond donors (Lipinski definition) is 1. The lowest BCUT2D eigenvalue weighted by Crippen LogP contribution is -2.31. The zero-order valence-corrected chi connectivity index (χ0v) is 10.8. The lowest BCUT2D eigenvalue weighted by atomic mass is 10.2. The molecule has 0 aliphatic rings. The Kier molecular flexibility index (Phi) is 4.19. The molecule has 7 heteroatoms. The fourth-order valence-corrected chi connectivity index (χ4v) is 1.40. The van der Waals surface area contributed by atoms with E-state index in [1.807, 2.05) is 19.0 Å². The first-order valence-electron chi connectivity index (χ1n) is 5.84. The molecule has 0 unspecified atom stereocenters. The minimum absolute atomic E-state index is 0.0365. The van der Waals surface area contributed by atoms with Gasteiger partial charge in [-0.1, -0.05) is 5.16 Å². The number of likely N-dealkylation sites (N-methyl/N-ethyl adjacent to an activating group) is 1. The third kappa shape index (κ3) is 3.59. The molecule has 0 spiro atoms. The van der Waals surface area contributed by atoms with E-state index in [0.29, 0.717) is 12.4 Å². The van der Waals surface area contributed by atoms with Crippen molar-refractivity contribution >= 4 is 5.91 Å². The first-order chi connectivity index (χ1) is 9.16. The van der Waals surface area contributed by atoms with Gasteiger partial charge in [0.25, 0.3) is 0 Å². The molecule has 2 aromatic rings. The second-order valence-electron chi connectivity index (χ2n) is 4.22. The highest BCUT2D eigenvalue weighted by Gasteiger charge is 2.15. The lowest BCUT2D eigenvalue weighted by molar-refractivity contribution is 0.0907. The molecule has 0 radical (unpaired) electrons. The Morgan fingerprint density at radius 2 is 2.11 bits per heavy atom. The molecule has 0 aromatic carbocycles. The topological polar surface area (TPSA) is 84.2 Å². The van der Waals surface area contributed by atoms with Crippen LogP contribution in [0.2, 0.25) is 0 Å². The molecular weight excluding hydrogens is 246 g/mol. The van der Waals surface area contributed by atoms with Gasteiger partial charge in [-0.25, -0.2) is 0 Å². The maximum absolute atomic E-state index is 11.7. The number of pyridine rings is 1. The highest BCUT2D eigenvalue weighted by Crippen LogP contribution is 2.13. The second kappa shape index (κ2) is 6.05. The molecule has 2 heterocycles. The van der Waals surface area contributed by atoms with Crippen LogP contribution in [0.1, 0.15) is 10.7 Å². The van der Waals surface area contributed by atoms with Crippen molar-refractivity contribution in [3.8, 4) is 11.4 Å². The maximum Gasteiger partial charge on any atom is 0.316 e. The van der Waals surface area contributed by atoms with Crippen molar-refractivity contribution in [2.75, 3.05) is 27.2 Å². The first-order valence-corrected chi connectivity index (χ1v) is 5.84. The summed E-state index contributed by atoms with van der Waals surface area (Å²) < 4.78 is 4.93. The van der Waals surface area contributed by atoms with E-state index in [2.05, 4.69) is 20.4 Å². The van der Waals surface area contributed by atoms with Crippen molar-refractivity contribution in [2.45, 2.75) is 0 Å². The highest BCUT2D eigenvalue weighted by molar-refractivity contribution is 5.89. The number of nitrogens with zero attached hydrogens (tertiary/aromatic N) is 4. The maximum atomic E-state index is 11.7. The molecule has 2 rings (SSSR count). The van der Waals surface area contributed by atoms with E-state index in [1.54, 1.807) is 24.5 Å². The number of nitrogens with one attached hydrogen (secondary N) is 1. The van der Waals surface area contributed by atoms with E-state index < -0.39 is 0 Å². The molecular formula is C12H15N5O2. The molecule has 7 nitrogen and oxygen atoms in total. The Bertz CT molecular complexity index is 538. The Hall–Kier alpha value is -2.28. The first kappa shape index (κ1) is 13.2. The molecule has 0 bridgehead atoms. The van der Waals surface area contributed by atoms with E-state index >= 15 is 0 Å². The molecule has 1 amide bonds. The van der Waals surface area contributed by atoms with E-state index in [-0.39, 0.29) is 11.8 Å².